The predicted octanol–water partition coefficient (Wildman–Crippen LogP) is 3.07. The summed E-state index contributed by atoms with van der Waals surface area (Å²) in [6.07, 6.45) is 3.32. The van der Waals surface area contributed by atoms with Crippen molar-refractivity contribution in [2.24, 2.45) is 0 Å². The fourth-order valence-corrected chi connectivity index (χ4v) is 2.49. The van der Waals surface area contributed by atoms with Crippen molar-refractivity contribution in [3.63, 3.8) is 0 Å². The molecule has 0 heterocycles. The fourth-order valence-electron chi connectivity index (χ4n) is 1.60. The van der Waals surface area contributed by atoms with Gasteiger partial charge in [0, 0.05) is 11.1 Å². The van der Waals surface area contributed by atoms with E-state index in [1.807, 2.05) is 13.0 Å². The molecule has 0 spiro atoms. The average molecular weight is 328 g/mol. The second kappa shape index (κ2) is 9.47. The molecule has 1 atom stereocenters. The van der Waals surface area contributed by atoms with E-state index >= 15 is 0 Å². The van der Waals surface area contributed by atoms with Crippen molar-refractivity contribution < 1.29 is 14.7 Å². The standard InChI is InChI=1S/C15H18ClNO3S/c1-2-21-9-8-13(15(19)20)17-14(18)7-6-11-4-3-5-12(16)10-11/h3-7,10,13H,2,8-9H2,1H3,(H,17,18)(H,19,20)/b7-6+. The number of aliphatic carboxylic acids is 1. The van der Waals surface area contributed by atoms with Crippen LogP contribution in [0.4, 0.5) is 0 Å². The first-order valence-electron chi connectivity index (χ1n) is 6.57. The first kappa shape index (κ1) is 17.6. The molecule has 1 aromatic rings. The lowest BCUT2D eigenvalue weighted by atomic mass is 10.2. The molecular weight excluding hydrogens is 310 g/mol. The summed E-state index contributed by atoms with van der Waals surface area (Å²) in [5, 5.41) is 12.1. The number of rotatable bonds is 8. The Balaban J connectivity index is 2.55. The van der Waals surface area contributed by atoms with Gasteiger partial charge in [-0.3, -0.25) is 4.79 Å². The van der Waals surface area contributed by atoms with Crippen LogP contribution in [-0.4, -0.2) is 34.5 Å². The van der Waals surface area contributed by atoms with Gasteiger partial charge in [-0.15, -0.1) is 0 Å². The summed E-state index contributed by atoms with van der Waals surface area (Å²) in [4.78, 5) is 22.8. The van der Waals surface area contributed by atoms with Crippen molar-refractivity contribution in [3.8, 4) is 0 Å². The molecule has 0 bridgehead atoms. The Hall–Kier alpha value is -1.46. The van der Waals surface area contributed by atoms with Crippen LogP contribution in [0.2, 0.25) is 5.02 Å². The van der Waals surface area contributed by atoms with Gasteiger partial charge in [0.25, 0.3) is 0 Å². The van der Waals surface area contributed by atoms with Crippen LogP contribution >= 0.6 is 23.4 Å². The van der Waals surface area contributed by atoms with Gasteiger partial charge in [-0.05, 0) is 41.7 Å². The number of carbonyl (C=O) groups is 2. The van der Waals surface area contributed by atoms with Crippen molar-refractivity contribution >= 4 is 41.3 Å². The minimum absolute atomic E-state index is 0.407. The van der Waals surface area contributed by atoms with Crippen LogP contribution in [0.3, 0.4) is 0 Å². The predicted molar refractivity (Wildman–Crippen MR) is 87.7 cm³/mol. The lowest BCUT2D eigenvalue weighted by Gasteiger charge is -2.12. The highest BCUT2D eigenvalue weighted by Gasteiger charge is 2.18. The zero-order valence-electron chi connectivity index (χ0n) is 11.7. The van der Waals surface area contributed by atoms with Gasteiger partial charge in [-0.1, -0.05) is 30.7 Å². The van der Waals surface area contributed by atoms with Crippen molar-refractivity contribution in [2.75, 3.05) is 11.5 Å². The van der Waals surface area contributed by atoms with Crippen molar-refractivity contribution in [3.05, 3.63) is 40.9 Å². The van der Waals surface area contributed by atoms with Gasteiger partial charge in [0.2, 0.25) is 5.91 Å². The van der Waals surface area contributed by atoms with Crippen LogP contribution in [0.5, 0.6) is 0 Å². The van der Waals surface area contributed by atoms with Crippen molar-refractivity contribution in [1.82, 2.24) is 5.32 Å². The number of hydrogen-bond donors (Lipinski definition) is 2. The molecule has 1 aromatic carbocycles. The van der Waals surface area contributed by atoms with Crippen LogP contribution in [0.25, 0.3) is 6.08 Å². The van der Waals surface area contributed by atoms with Crippen LogP contribution < -0.4 is 5.32 Å². The topological polar surface area (TPSA) is 66.4 Å². The zero-order chi connectivity index (χ0) is 15.7. The summed E-state index contributed by atoms with van der Waals surface area (Å²) in [6, 6.07) is 6.19. The van der Waals surface area contributed by atoms with E-state index in [-0.39, 0.29) is 0 Å². The summed E-state index contributed by atoms with van der Waals surface area (Å²) in [5.41, 5.74) is 0.783. The molecule has 2 N–H and O–H groups in total. The van der Waals surface area contributed by atoms with Gasteiger partial charge in [0.1, 0.15) is 6.04 Å². The molecule has 0 aromatic heterocycles. The van der Waals surface area contributed by atoms with E-state index in [1.165, 1.54) is 6.08 Å². The lowest BCUT2D eigenvalue weighted by molar-refractivity contribution is -0.141. The number of benzene rings is 1. The summed E-state index contributed by atoms with van der Waals surface area (Å²) < 4.78 is 0. The van der Waals surface area contributed by atoms with Gasteiger partial charge < -0.3 is 10.4 Å². The highest BCUT2D eigenvalue weighted by Crippen LogP contribution is 2.11. The minimum Gasteiger partial charge on any atom is -0.480 e. The molecule has 4 nitrogen and oxygen atoms in total. The van der Waals surface area contributed by atoms with Crippen LogP contribution in [0, 0.1) is 0 Å². The molecule has 1 amide bonds. The smallest absolute Gasteiger partial charge is 0.326 e. The molecule has 0 aliphatic carbocycles. The second-order valence-corrected chi connectivity index (χ2v) is 6.10. The molecule has 0 fully saturated rings. The van der Waals surface area contributed by atoms with Crippen molar-refractivity contribution in [2.45, 2.75) is 19.4 Å². The molecule has 0 aliphatic rings. The number of halogens is 1. The van der Waals surface area contributed by atoms with Crippen molar-refractivity contribution in [1.29, 1.82) is 0 Å². The third-order valence-electron chi connectivity index (χ3n) is 2.65. The first-order chi connectivity index (χ1) is 10.0. The maximum atomic E-state index is 11.7. The molecule has 1 unspecified atom stereocenters. The van der Waals surface area contributed by atoms with E-state index in [9.17, 15) is 9.59 Å². The van der Waals surface area contributed by atoms with Crippen LogP contribution in [-0.2, 0) is 9.59 Å². The molecule has 21 heavy (non-hydrogen) atoms. The largest absolute Gasteiger partial charge is 0.480 e. The molecule has 0 aliphatic heterocycles. The number of amides is 1. The highest BCUT2D eigenvalue weighted by molar-refractivity contribution is 7.99. The Morgan fingerprint density at radius 1 is 1.48 bits per heavy atom. The van der Waals surface area contributed by atoms with Gasteiger partial charge in [-0.25, -0.2) is 4.79 Å². The average Bonchev–Trinajstić information content (AvgIpc) is 2.44. The SMILES string of the molecule is CCSCCC(NC(=O)/C=C/c1cccc(Cl)c1)C(=O)O. The molecule has 0 radical (unpaired) electrons. The summed E-state index contributed by atoms with van der Waals surface area (Å²) in [7, 11) is 0. The van der Waals surface area contributed by atoms with Crippen LogP contribution in [0.1, 0.15) is 18.9 Å². The maximum Gasteiger partial charge on any atom is 0.326 e. The Morgan fingerprint density at radius 3 is 2.86 bits per heavy atom. The number of hydrogen-bond acceptors (Lipinski definition) is 3. The number of thioether (sulfide) groups is 1. The molecule has 1 rings (SSSR count). The van der Waals surface area contributed by atoms with E-state index in [0.717, 1.165) is 11.3 Å². The first-order valence-corrected chi connectivity index (χ1v) is 8.11. The lowest BCUT2D eigenvalue weighted by Crippen LogP contribution is -2.40. The Bertz CT molecular complexity index is 519. The molecule has 0 saturated carbocycles. The summed E-state index contributed by atoms with van der Waals surface area (Å²) >= 11 is 7.49. The van der Waals surface area contributed by atoms with Gasteiger partial charge in [0.15, 0.2) is 0 Å². The number of carbonyl (C=O) groups excluding carboxylic acids is 1. The van der Waals surface area contributed by atoms with E-state index in [1.54, 1.807) is 36.0 Å². The second-order valence-electron chi connectivity index (χ2n) is 4.27. The third-order valence-corrected chi connectivity index (χ3v) is 3.81. The maximum absolute atomic E-state index is 11.7. The fraction of sp³-hybridized carbons (Fsp3) is 0.333. The van der Waals surface area contributed by atoms with Gasteiger partial charge in [0.05, 0.1) is 0 Å². The highest BCUT2D eigenvalue weighted by atomic mass is 35.5. The molecular formula is C15H18ClNO3S. The number of nitrogens with one attached hydrogen (secondary N) is 1. The van der Waals surface area contributed by atoms with E-state index in [0.29, 0.717) is 17.2 Å². The third kappa shape index (κ3) is 7.20. The molecule has 0 saturated heterocycles. The Kier molecular flexibility index (Phi) is 7.93. The zero-order valence-corrected chi connectivity index (χ0v) is 13.3. The van der Waals surface area contributed by atoms with Crippen LogP contribution in [0.15, 0.2) is 30.3 Å². The monoisotopic (exact) mass is 327 g/mol. The number of carboxylic acid groups (broad SMARTS) is 1. The molecule has 6 heteroatoms. The number of carboxylic acids is 1. The Labute approximate surface area is 133 Å². The minimum atomic E-state index is -1.02. The van der Waals surface area contributed by atoms with E-state index < -0.39 is 17.9 Å². The van der Waals surface area contributed by atoms with E-state index in [2.05, 4.69) is 5.32 Å². The summed E-state index contributed by atoms with van der Waals surface area (Å²) in [5.74, 6) is 0.181. The Morgan fingerprint density at radius 2 is 2.24 bits per heavy atom. The normalized spacial score (nSPS) is 12.3. The summed E-state index contributed by atoms with van der Waals surface area (Å²) in [6.45, 7) is 2.01. The van der Waals surface area contributed by atoms with E-state index in [4.69, 9.17) is 16.7 Å². The quantitative estimate of drug-likeness (QED) is 0.569. The van der Waals surface area contributed by atoms with Gasteiger partial charge in [-0.2, -0.15) is 11.8 Å². The van der Waals surface area contributed by atoms with Gasteiger partial charge >= 0.3 is 5.97 Å². The molecule has 114 valence electrons.